The predicted molar refractivity (Wildman–Crippen MR) is 76.2 cm³/mol. The van der Waals surface area contributed by atoms with E-state index in [0.29, 0.717) is 24.9 Å². The lowest BCUT2D eigenvalue weighted by Gasteiger charge is -2.21. The number of halogens is 1. The molecule has 4 heteroatoms. The molecule has 2 N–H and O–H groups in total. The smallest absolute Gasteiger partial charge is 0.227 e. The number of carbonyl (C=O) groups is 1. The van der Waals surface area contributed by atoms with Crippen molar-refractivity contribution in [2.45, 2.75) is 25.8 Å². The van der Waals surface area contributed by atoms with Crippen molar-refractivity contribution < 1.29 is 4.79 Å². The monoisotopic (exact) mass is 310 g/mol. The molecular formula is C14H19BrN2O. The number of carbonyl (C=O) groups excluding carboxylic acids is 1. The van der Waals surface area contributed by atoms with Gasteiger partial charge in [-0.25, -0.2) is 0 Å². The largest absolute Gasteiger partial charge is 0.339 e. The number of nitrogens with two attached hydrogens (primary N) is 1. The fourth-order valence-electron chi connectivity index (χ4n) is 2.58. The summed E-state index contributed by atoms with van der Waals surface area (Å²) < 4.78 is 1.02. The molecule has 2 atom stereocenters. The molecule has 2 unspecified atom stereocenters. The van der Waals surface area contributed by atoms with Crippen LogP contribution in [0.4, 0.5) is 0 Å². The van der Waals surface area contributed by atoms with E-state index >= 15 is 0 Å². The molecule has 1 amide bonds. The van der Waals surface area contributed by atoms with Gasteiger partial charge >= 0.3 is 0 Å². The predicted octanol–water partition coefficient (Wildman–Crippen LogP) is 2.19. The maximum absolute atomic E-state index is 12.3. The van der Waals surface area contributed by atoms with Crippen LogP contribution < -0.4 is 5.73 Å². The Morgan fingerprint density at radius 3 is 2.94 bits per heavy atom. The first-order valence-corrected chi connectivity index (χ1v) is 7.13. The van der Waals surface area contributed by atoms with Gasteiger partial charge in [-0.3, -0.25) is 4.79 Å². The summed E-state index contributed by atoms with van der Waals surface area (Å²) in [6, 6.07) is 8.24. The molecule has 1 aromatic carbocycles. The van der Waals surface area contributed by atoms with E-state index in [0.717, 1.165) is 23.0 Å². The molecule has 98 valence electrons. The van der Waals surface area contributed by atoms with E-state index in [-0.39, 0.29) is 5.91 Å². The average molecular weight is 311 g/mol. The van der Waals surface area contributed by atoms with Crippen molar-refractivity contribution in [3.05, 3.63) is 34.3 Å². The van der Waals surface area contributed by atoms with Crippen LogP contribution >= 0.6 is 15.9 Å². The molecule has 1 heterocycles. The second-order valence-electron chi connectivity index (χ2n) is 5.04. The zero-order chi connectivity index (χ0) is 13.1. The first-order valence-electron chi connectivity index (χ1n) is 6.34. The molecule has 1 aromatic rings. The molecule has 0 aromatic heterocycles. The molecule has 18 heavy (non-hydrogen) atoms. The third-order valence-electron chi connectivity index (χ3n) is 3.56. The summed E-state index contributed by atoms with van der Waals surface area (Å²) in [5.41, 5.74) is 6.74. The maximum Gasteiger partial charge on any atom is 0.227 e. The van der Waals surface area contributed by atoms with Crippen LogP contribution in [-0.2, 0) is 11.2 Å². The Morgan fingerprint density at radius 1 is 1.56 bits per heavy atom. The summed E-state index contributed by atoms with van der Waals surface area (Å²) >= 11 is 3.43. The number of likely N-dealkylation sites (tertiary alicyclic amines) is 1. The molecule has 1 fully saturated rings. The summed E-state index contributed by atoms with van der Waals surface area (Å²) in [6.07, 6.45) is 1.50. The Labute approximate surface area is 116 Å². The van der Waals surface area contributed by atoms with E-state index < -0.39 is 0 Å². The summed E-state index contributed by atoms with van der Waals surface area (Å²) in [4.78, 5) is 14.2. The van der Waals surface area contributed by atoms with Crippen LogP contribution in [0.15, 0.2) is 28.7 Å². The highest BCUT2D eigenvalue weighted by molar-refractivity contribution is 9.10. The van der Waals surface area contributed by atoms with Gasteiger partial charge in [0, 0.05) is 17.1 Å². The second-order valence-corrected chi connectivity index (χ2v) is 5.95. The van der Waals surface area contributed by atoms with Crippen molar-refractivity contribution in [3.8, 4) is 0 Å². The lowest BCUT2D eigenvalue weighted by atomic mass is 10.1. The molecule has 0 saturated carbocycles. The van der Waals surface area contributed by atoms with Crippen molar-refractivity contribution in [2.24, 2.45) is 11.7 Å². The van der Waals surface area contributed by atoms with Gasteiger partial charge in [0.25, 0.3) is 0 Å². The first-order chi connectivity index (χ1) is 8.60. The van der Waals surface area contributed by atoms with Crippen molar-refractivity contribution in [1.82, 2.24) is 4.90 Å². The van der Waals surface area contributed by atoms with E-state index in [9.17, 15) is 4.79 Å². The Kier molecular flexibility index (Phi) is 4.40. The minimum Gasteiger partial charge on any atom is -0.339 e. The lowest BCUT2D eigenvalue weighted by Crippen LogP contribution is -2.35. The zero-order valence-electron chi connectivity index (χ0n) is 10.6. The van der Waals surface area contributed by atoms with Crippen molar-refractivity contribution in [2.75, 3.05) is 13.1 Å². The quantitative estimate of drug-likeness (QED) is 0.930. The standard InChI is InChI=1S/C14H19BrN2O/c1-10-5-12(8-16)9-17(10)14(18)7-11-3-2-4-13(15)6-11/h2-4,6,10,12H,5,7-9,16H2,1H3. The number of amides is 1. The number of hydrogen-bond donors (Lipinski definition) is 1. The highest BCUT2D eigenvalue weighted by Gasteiger charge is 2.31. The van der Waals surface area contributed by atoms with Gasteiger partial charge in [-0.2, -0.15) is 0 Å². The van der Waals surface area contributed by atoms with Gasteiger partial charge in [0.05, 0.1) is 6.42 Å². The highest BCUT2D eigenvalue weighted by atomic mass is 79.9. The Bertz CT molecular complexity index is 436. The molecule has 3 nitrogen and oxygen atoms in total. The fourth-order valence-corrected chi connectivity index (χ4v) is 3.03. The first kappa shape index (κ1) is 13.6. The van der Waals surface area contributed by atoms with Crippen LogP contribution in [0.2, 0.25) is 0 Å². The minimum absolute atomic E-state index is 0.205. The molecule has 2 rings (SSSR count). The summed E-state index contributed by atoms with van der Waals surface area (Å²) in [7, 11) is 0. The van der Waals surface area contributed by atoms with E-state index in [1.807, 2.05) is 29.2 Å². The van der Waals surface area contributed by atoms with Gasteiger partial charge in [0.2, 0.25) is 5.91 Å². The fraction of sp³-hybridized carbons (Fsp3) is 0.500. The number of hydrogen-bond acceptors (Lipinski definition) is 2. The third-order valence-corrected chi connectivity index (χ3v) is 4.05. The van der Waals surface area contributed by atoms with E-state index in [1.54, 1.807) is 0 Å². The minimum atomic E-state index is 0.205. The van der Waals surface area contributed by atoms with Crippen LogP contribution in [0.3, 0.4) is 0 Å². The Hall–Kier alpha value is -0.870. The van der Waals surface area contributed by atoms with Crippen LogP contribution in [0.1, 0.15) is 18.9 Å². The van der Waals surface area contributed by atoms with Gasteiger partial charge in [-0.05, 0) is 43.5 Å². The molecule has 0 aliphatic carbocycles. The second kappa shape index (κ2) is 5.85. The highest BCUT2D eigenvalue weighted by Crippen LogP contribution is 2.23. The molecule has 0 spiro atoms. The Balaban J connectivity index is 2.00. The van der Waals surface area contributed by atoms with E-state index in [2.05, 4.69) is 22.9 Å². The normalized spacial score (nSPS) is 23.4. The van der Waals surface area contributed by atoms with Crippen LogP contribution in [0.25, 0.3) is 0 Å². The summed E-state index contributed by atoms with van der Waals surface area (Å²) in [6.45, 7) is 3.59. The molecule has 0 bridgehead atoms. The van der Waals surface area contributed by atoms with Crippen molar-refractivity contribution in [3.63, 3.8) is 0 Å². The van der Waals surface area contributed by atoms with E-state index in [4.69, 9.17) is 5.73 Å². The maximum atomic E-state index is 12.3. The SMILES string of the molecule is CC1CC(CN)CN1C(=O)Cc1cccc(Br)c1. The number of benzene rings is 1. The van der Waals surface area contributed by atoms with Gasteiger partial charge in [0.15, 0.2) is 0 Å². The van der Waals surface area contributed by atoms with Gasteiger partial charge in [-0.1, -0.05) is 28.1 Å². The summed E-state index contributed by atoms with van der Waals surface area (Å²) in [5.74, 6) is 0.669. The zero-order valence-corrected chi connectivity index (χ0v) is 12.2. The molecular weight excluding hydrogens is 292 g/mol. The number of rotatable bonds is 3. The molecule has 1 aliphatic rings. The van der Waals surface area contributed by atoms with Gasteiger partial charge < -0.3 is 10.6 Å². The molecule has 1 aliphatic heterocycles. The van der Waals surface area contributed by atoms with Crippen LogP contribution in [0.5, 0.6) is 0 Å². The van der Waals surface area contributed by atoms with Gasteiger partial charge in [0.1, 0.15) is 0 Å². The topological polar surface area (TPSA) is 46.3 Å². The van der Waals surface area contributed by atoms with Gasteiger partial charge in [-0.15, -0.1) is 0 Å². The van der Waals surface area contributed by atoms with Crippen molar-refractivity contribution >= 4 is 21.8 Å². The third kappa shape index (κ3) is 3.12. The van der Waals surface area contributed by atoms with Crippen LogP contribution in [0, 0.1) is 5.92 Å². The van der Waals surface area contributed by atoms with Crippen LogP contribution in [-0.4, -0.2) is 29.9 Å². The van der Waals surface area contributed by atoms with Crippen molar-refractivity contribution in [1.29, 1.82) is 0 Å². The molecule has 0 radical (unpaired) electrons. The molecule has 1 saturated heterocycles. The van der Waals surface area contributed by atoms with E-state index in [1.165, 1.54) is 0 Å². The summed E-state index contributed by atoms with van der Waals surface area (Å²) in [5, 5.41) is 0. The lowest BCUT2D eigenvalue weighted by molar-refractivity contribution is -0.131. The Morgan fingerprint density at radius 2 is 2.33 bits per heavy atom. The average Bonchev–Trinajstić information content (AvgIpc) is 2.70. The number of nitrogens with zero attached hydrogens (tertiary/aromatic N) is 1.